The number of amides is 1. The van der Waals surface area contributed by atoms with E-state index in [1.165, 1.54) is 53.6 Å². The lowest BCUT2D eigenvalue weighted by atomic mass is 10.2. The summed E-state index contributed by atoms with van der Waals surface area (Å²) in [4.78, 5) is 23.9. The van der Waals surface area contributed by atoms with Crippen LogP contribution in [-0.4, -0.2) is 31.2 Å². The maximum atomic E-state index is 12.5. The molecule has 0 atom stereocenters. The van der Waals surface area contributed by atoms with Crippen LogP contribution in [0.15, 0.2) is 76.2 Å². The molecule has 0 fully saturated rings. The summed E-state index contributed by atoms with van der Waals surface area (Å²) in [7, 11) is -2.39. The predicted octanol–water partition coefficient (Wildman–Crippen LogP) is 3.26. The summed E-state index contributed by atoms with van der Waals surface area (Å²) >= 11 is 0. The van der Waals surface area contributed by atoms with E-state index in [2.05, 4.69) is 4.72 Å². The van der Waals surface area contributed by atoms with Gasteiger partial charge in [0.1, 0.15) is 5.76 Å². The Morgan fingerprint density at radius 2 is 1.86 bits per heavy atom. The number of hydrogen-bond acceptors (Lipinski definition) is 6. The zero-order chi connectivity index (χ0) is 21.0. The Kier molecular flexibility index (Phi) is 5.64. The molecular weight excluding hydrogens is 398 g/mol. The fourth-order valence-corrected chi connectivity index (χ4v) is 3.69. The molecule has 0 saturated heterocycles. The first-order chi connectivity index (χ1) is 13.8. The topological polar surface area (TPSA) is 123 Å². The minimum Gasteiger partial charge on any atom is -0.467 e. The molecular formula is C19H17N3O6S. The van der Waals surface area contributed by atoms with Crippen molar-refractivity contribution in [2.45, 2.75) is 11.4 Å². The molecule has 2 aromatic carbocycles. The van der Waals surface area contributed by atoms with Crippen LogP contribution in [0.1, 0.15) is 16.1 Å². The molecule has 1 aromatic heterocycles. The van der Waals surface area contributed by atoms with Gasteiger partial charge < -0.3 is 9.32 Å². The number of nitrogens with zero attached hydrogens (tertiary/aromatic N) is 2. The molecule has 0 bridgehead atoms. The molecule has 9 nitrogen and oxygen atoms in total. The number of furan rings is 1. The van der Waals surface area contributed by atoms with E-state index in [0.717, 1.165) is 6.07 Å². The SMILES string of the molecule is CN(Cc1ccco1)C(=O)c1ccc(NS(=O)(=O)c2cccc([N+](=O)[O-])c2)cc1. The fraction of sp³-hybridized carbons (Fsp3) is 0.105. The largest absolute Gasteiger partial charge is 0.467 e. The van der Waals surface area contributed by atoms with Crippen LogP contribution in [-0.2, 0) is 16.6 Å². The molecule has 10 heteroatoms. The maximum Gasteiger partial charge on any atom is 0.270 e. The second kappa shape index (κ2) is 8.15. The van der Waals surface area contributed by atoms with Crippen LogP contribution in [0.4, 0.5) is 11.4 Å². The zero-order valence-electron chi connectivity index (χ0n) is 15.3. The number of nitro benzene ring substituents is 1. The summed E-state index contributed by atoms with van der Waals surface area (Å²) in [5, 5.41) is 10.8. The lowest BCUT2D eigenvalue weighted by molar-refractivity contribution is -0.385. The summed E-state index contributed by atoms with van der Waals surface area (Å²) < 4.78 is 32.5. The third kappa shape index (κ3) is 4.79. The van der Waals surface area contributed by atoms with Crippen molar-refractivity contribution in [3.05, 3.63) is 88.4 Å². The number of rotatable bonds is 7. The molecule has 1 heterocycles. The van der Waals surface area contributed by atoms with Crippen molar-refractivity contribution >= 4 is 27.3 Å². The Bertz CT molecular complexity index is 1130. The van der Waals surface area contributed by atoms with Gasteiger partial charge in [-0.15, -0.1) is 0 Å². The number of benzene rings is 2. The van der Waals surface area contributed by atoms with Gasteiger partial charge in [0.05, 0.1) is 22.6 Å². The van der Waals surface area contributed by atoms with E-state index >= 15 is 0 Å². The number of hydrogen-bond donors (Lipinski definition) is 1. The Labute approximate surface area is 166 Å². The van der Waals surface area contributed by atoms with Gasteiger partial charge in [0.25, 0.3) is 21.6 Å². The van der Waals surface area contributed by atoms with Crippen molar-refractivity contribution in [2.75, 3.05) is 11.8 Å². The molecule has 1 N–H and O–H groups in total. The molecule has 150 valence electrons. The van der Waals surface area contributed by atoms with E-state index in [0.29, 0.717) is 17.9 Å². The summed E-state index contributed by atoms with van der Waals surface area (Å²) in [5.74, 6) is 0.386. The summed E-state index contributed by atoms with van der Waals surface area (Å²) in [5.41, 5.74) is 0.271. The van der Waals surface area contributed by atoms with Crippen molar-refractivity contribution in [1.29, 1.82) is 0 Å². The minimum atomic E-state index is -4.02. The average molecular weight is 415 g/mol. The molecule has 0 radical (unpaired) electrons. The Balaban J connectivity index is 1.72. The van der Waals surface area contributed by atoms with Gasteiger partial charge in [0.2, 0.25) is 0 Å². The van der Waals surface area contributed by atoms with E-state index in [-0.39, 0.29) is 22.2 Å². The predicted molar refractivity (Wildman–Crippen MR) is 105 cm³/mol. The molecule has 3 rings (SSSR count). The molecule has 0 spiro atoms. The Morgan fingerprint density at radius 3 is 2.48 bits per heavy atom. The Hall–Kier alpha value is -3.66. The lowest BCUT2D eigenvalue weighted by Gasteiger charge is -2.16. The highest BCUT2D eigenvalue weighted by atomic mass is 32.2. The van der Waals surface area contributed by atoms with Crippen molar-refractivity contribution in [1.82, 2.24) is 4.90 Å². The second-order valence-electron chi connectivity index (χ2n) is 6.18. The molecule has 0 saturated carbocycles. The number of anilines is 1. The van der Waals surface area contributed by atoms with Gasteiger partial charge >= 0.3 is 0 Å². The van der Waals surface area contributed by atoms with Crippen LogP contribution in [0.2, 0.25) is 0 Å². The van der Waals surface area contributed by atoms with Crippen LogP contribution >= 0.6 is 0 Å². The monoisotopic (exact) mass is 415 g/mol. The maximum absolute atomic E-state index is 12.5. The third-order valence-electron chi connectivity index (χ3n) is 4.04. The van der Waals surface area contributed by atoms with Crippen LogP contribution in [0.5, 0.6) is 0 Å². The zero-order valence-corrected chi connectivity index (χ0v) is 16.1. The van der Waals surface area contributed by atoms with Crippen LogP contribution < -0.4 is 4.72 Å². The lowest BCUT2D eigenvalue weighted by Crippen LogP contribution is -2.26. The van der Waals surface area contributed by atoms with Crippen LogP contribution in [0, 0.1) is 10.1 Å². The third-order valence-corrected chi connectivity index (χ3v) is 5.42. The van der Waals surface area contributed by atoms with E-state index in [1.807, 2.05) is 0 Å². The van der Waals surface area contributed by atoms with Gasteiger partial charge in [-0.3, -0.25) is 19.6 Å². The van der Waals surface area contributed by atoms with Gasteiger partial charge in [0, 0.05) is 30.4 Å². The number of carbonyl (C=O) groups is 1. The summed E-state index contributed by atoms with van der Waals surface area (Å²) in [6, 6.07) is 14.1. The van der Waals surface area contributed by atoms with Gasteiger partial charge in [-0.05, 0) is 42.5 Å². The number of sulfonamides is 1. The first-order valence-electron chi connectivity index (χ1n) is 8.41. The number of non-ortho nitro benzene ring substituents is 1. The molecule has 1 amide bonds. The van der Waals surface area contributed by atoms with Crippen molar-refractivity contribution in [3.8, 4) is 0 Å². The van der Waals surface area contributed by atoms with Gasteiger partial charge in [-0.2, -0.15) is 0 Å². The summed E-state index contributed by atoms with van der Waals surface area (Å²) in [6.45, 7) is 0.299. The molecule has 0 aliphatic rings. The smallest absolute Gasteiger partial charge is 0.270 e. The molecule has 3 aromatic rings. The van der Waals surface area contributed by atoms with Gasteiger partial charge in [-0.25, -0.2) is 8.42 Å². The van der Waals surface area contributed by atoms with Crippen LogP contribution in [0.25, 0.3) is 0 Å². The first kappa shape index (κ1) is 20.1. The quantitative estimate of drug-likeness (QED) is 0.467. The van der Waals surface area contributed by atoms with E-state index in [9.17, 15) is 23.3 Å². The normalized spacial score (nSPS) is 11.1. The number of carbonyl (C=O) groups excluding carboxylic acids is 1. The molecule has 0 unspecified atom stereocenters. The molecule has 29 heavy (non-hydrogen) atoms. The minimum absolute atomic E-state index is 0.224. The van der Waals surface area contributed by atoms with E-state index < -0.39 is 14.9 Å². The fourth-order valence-electron chi connectivity index (χ4n) is 2.59. The van der Waals surface area contributed by atoms with E-state index in [4.69, 9.17) is 4.42 Å². The first-order valence-corrected chi connectivity index (χ1v) is 9.90. The average Bonchev–Trinajstić information content (AvgIpc) is 3.21. The highest BCUT2D eigenvalue weighted by molar-refractivity contribution is 7.92. The standard InChI is InChI=1S/C19H17N3O6S/c1-21(13-17-5-3-11-28-17)19(23)14-7-9-15(10-8-14)20-29(26,27)18-6-2-4-16(12-18)22(24)25/h2-12,20H,13H2,1H3. The molecule has 0 aliphatic carbocycles. The summed E-state index contributed by atoms with van der Waals surface area (Å²) in [6.07, 6.45) is 1.52. The Morgan fingerprint density at radius 1 is 1.14 bits per heavy atom. The highest BCUT2D eigenvalue weighted by Crippen LogP contribution is 2.21. The van der Waals surface area contributed by atoms with Crippen LogP contribution in [0.3, 0.4) is 0 Å². The molecule has 0 aliphatic heterocycles. The second-order valence-corrected chi connectivity index (χ2v) is 7.86. The highest BCUT2D eigenvalue weighted by Gasteiger charge is 2.18. The van der Waals surface area contributed by atoms with E-state index in [1.54, 1.807) is 19.2 Å². The van der Waals surface area contributed by atoms with Gasteiger partial charge in [0.15, 0.2) is 0 Å². The number of nitrogens with one attached hydrogen (secondary N) is 1. The number of nitro groups is 1. The van der Waals surface area contributed by atoms with Gasteiger partial charge in [-0.1, -0.05) is 6.07 Å². The van der Waals surface area contributed by atoms with Crippen molar-refractivity contribution < 1.29 is 22.6 Å². The van der Waals surface area contributed by atoms with Crippen molar-refractivity contribution in [2.24, 2.45) is 0 Å². The van der Waals surface area contributed by atoms with Crippen molar-refractivity contribution in [3.63, 3.8) is 0 Å².